The molecule has 1 N–H and O–H groups in total. The van der Waals surface area contributed by atoms with E-state index in [2.05, 4.69) is 9.97 Å². The first kappa shape index (κ1) is 27.7. The van der Waals surface area contributed by atoms with Crippen LogP contribution in [0.15, 0.2) is 30.5 Å². The number of anilines is 1. The lowest BCUT2D eigenvalue weighted by molar-refractivity contribution is -0.134. The van der Waals surface area contributed by atoms with Gasteiger partial charge < -0.3 is 14.4 Å². The van der Waals surface area contributed by atoms with Crippen molar-refractivity contribution in [3.8, 4) is 17.0 Å². The third-order valence-corrected chi connectivity index (χ3v) is 6.18. The summed E-state index contributed by atoms with van der Waals surface area (Å²) in [5.41, 5.74) is 1.41. The van der Waals surface area contributed by atoms with Gasteiger partial charge >= 0.3 is 6.18 Å². The van der Waals surface area contributed by atoms with Gasteiger partial charge in [-0.1, -0.05) is 0 Å². The minimum atomic E-state index is -4.31. The fraction of sp³-hybridized carbons (Fsp3) is 0.522. The minimum Gasteiger partial charge on any atom is -0.491 e. The molecule has 0 atom stereocenters. The second-order valence-electron chi connectivity index (χ2n) is 8.51. The number of aromatic nitrogens is 2. The normalized spacial score (nSPS) is 15.1. The third-order valence-electron chi connectivity index (χ3n) is 5.60. The molecule has 3 rings (SSSR count). The van der Waals surface area contributed by atoms with Crippen LogP contribution in [0.5, 0.6) is 5.75 Å². The molecule has 0 unspecified atom stereocenters. The first-order valence-electron chi connectivity index (χ1n) is 11.4. The Morgan fingerprint density at radius 1 is 1.17 bits per heavy atom. The predicted octanol–water partition coefficient (Wildman–Crippen LogP) is 2.96. The molecule has 1 fully saturated rings. The van der Waals surface area contributed by atoms with Crippen molar-refractivity contribution in [1.82, 2.24) is 14.7 Å². The average Bonchev–Trinajstić information content (AvgIpc) is 2.82. The molecule has 0 aliphatic carbocycles. The molecule has 1 saturated heterocycles. The number of carbonyl (C=O) groups is 1. The Labute approximate surface area is 208 Å². The smallest absolute Gasteiger partial charge is 0.389 e. The molecule has 1 amide bonds. The second-order valence-corrected chi connectivity index (χ2v) is 10.3. The van der Waals surface area contributed by atoms with Crippen molar-refractivity contribution in [2.24, 2.45) is 5.92 Å². The molecule has 2 heterocycles. The lowest BCUT2D eigenvalue weighted by atomic mass is 9.96. The van der Waals surface area contributed by atoms with Gasteiger partial charge in [-0.2, -0.15) is 13.2 Å². The Morgan fingerprint density at radius 3 is 2.42 bits per heavy atom. The van der Waals surface area contributed by atoms with Gasteiger partial charge in [0.1, 0.15) is 18.1 Å². The van der Waals surface area contributed by atoms with Gasteiger partial charge in [-0.05, 0) is 43.5 Å². The van der Waals surface area contributed by atoms with Gasteiger partial charge in [0.05, 0.1) is 18.6 Å². The molecule has 2 aromatic rings. The molecule has 1 aromatic heterocycles. The number of amides is 1. The van der Waals surface area contributed by atoms with Crippen LogP contribution in [-0.2, 0) is 26.0 Å². The molecular weight excluding hydrogens is 501 g/mol. The molecule has 0 radical (unpaired) electrons. The lowest BCUT2D eigenvalue weighted by Gasteiger charge is -2.33. The van der Waals surface area contributed by atoms with Crippen molar-refractivity contribution < 1.29 is 35.9 Å². The Kier molecular flexibility index (Phi) is 9.12. The van der Waals surface area contributed by atoms with E-state index in [1.807, 2.05) is 9.62 Å². The van der Waals surface area contributed by atoms with E-state index in [0.29, 0.717) is 62.0 Å². The minimum absolute atomic E-state index is 0.211. The maximum Gasteiger partial charge on any atom is 0.389 e. The topological polar surface area (TPSA) is 111 Å². The van der Waals surface area contributed by atoms with Crippen LogP contribution in [0, 0.1) is 5.92 Å². The van der Waals surface area contributed by atoms with Crippen LogP contribution in [0.3, 0.4) is 0 Å². The van der Waals surface area contributed by atoms with Crippen molar-refractivity contribution in [2.45, 2.75) is 31.9 Å². The zero-order valence-corrected chi connectivity index (χ0v) is 20.9. The van der Waals surface area contributed by atoms with Crippen LogP contribution in [0.25, 0.3) is 11.3 Å². The number of carbonyl (C=O) groups excluding carboxylic acids is 1. The van der Waals surface area contributed by atoms with E-state index in [1.54, 1.807) is 31.4 Å². The Balaban J connectivity index is 1.82. The van der Waals surface area contributed by atoms with E-state index in [9.17, 15) is 26.4 Å². The van der Waals surface area contributed by atoms with Crippen LogP contribution in [0.1, 0.15) is 25.0 Å². The predicted molar refractivity (Wildman–Crippen MR) is 127 cm³/mol. The number of benzene rings is 1. The summed E-state index contributed by atoms with van der Waals surface area (Å²) in [5.74, 6) is -0.00900. The maximum atomic E-state index is 12.8. The van der Waals surface area contributed by atoms with Crippen LogP contribution >= 0.6 is 0 Å². The summed E-state index contributed by atoms with van der Waals surface area (Å²) < 4.78 is 73.6. The molecule has 36 heavy (non-hydrogen) atoms. The van der Waals surface area contributed by atoms with E-state index in [4.69, 9.17) is 9.47 Å². The largest absolute Gasteiger partial charge is 0.491 e. The SMILES string of the molecule is COCCOc1ccc(-c2ncc(CCC(F)(F)F)nc2N2CCC(C(=O)NS(C)(=O)=O)CC2)cc1. The van der Waals surface area contributed by atoms with Gasteiger partial charge in [-0.3, -0.25) is 14.5 Å². The number of alkyl halides is 3. The van der Waals surface area contributed by atoms with Gasteiger partial charge in [-0.25, -0.2) is 13.4 Å². The Morgan fingerprint density at radius 2 is 1.83 bits per heavy atom. The van der Waals surface area contributed by atoms with Gasteiger partial charge in [0.15, 0.2) is 5.82 Å². The van der Waals surface area contributed by atoms with Gasteiger partial charge in [-0.15, -0.1) is 0 Å². The van der Waals surface area contributed by atoms with E-state index < -0.39 is 34.4 Å². The number of hydrogen-bond acceptors (Lipinski definition) is 8. The molecule has 0 bridgehead atoms. The van der Waals surface area contributed by atoms with E-state index in [0.717, 1.165) is 6.26 Å². The van der Waals surface area contributed by atoms with E-state index in [1.165, 1.54) is 6.20 Å². The highest BCUT2D eigenvalue weighted by atomic mass is 32.2. The zero-order valence-electron chi connectivity index (χ0n) is 20.0. The number of sulfonamides is 1. The summed E-state index contributed by atoms with van der Waals surface area (Å²) in [6.07, 6.45) is -2.64. The highest BCUT2D eigenvalue weighted by molar-refractivity contribution is 7.89. The zero-order chi connectivity index (χ0) is 26.3. The van der Waals surface area contributed by atoms with Crippen molar-refractivity contribution in [2.75, 3.05) is 44.6 Å². The molecular formula is C23H29F3N4O5S. The highest BCUT2D eigenvalue weighted by Crippen LogP contribution is 2.32. The summed E-state index contributed by atoms with van der Waals surface area (Å²) in [6.45, 7) is 1.56. The number of hydrogen-bond donors (Lipinski definition) is 1. The van der Waals surface area contributed by atoms with Crippen molar-refractivity contribution in [3.05, 3.63) is 36.2 Å². The number of methoxy groups -OCH3 is 1. The number of nitrogens with zero attached hydrogens (tertiary/aromatic N) is 3. The quantitative estimate of drug-likeness (QED) is 0.467. The van der Waals surface area contributed by atoms with E-state index in [-0.39, 0.29) is 12.1 Å². The molecule has 13 heteroatoms. The summed E-state index contributed by atoms with van der Waals surface area (Å²) in [4.78, 5) is 23.1. The monoisotopic (exact) mass is 530 g/mol. The summed E-state index contributed by atoms with van der Waals surface area (Å²) >= 11 is 0. The number of nitrogens with one attached hydrogen (secondary N) is 1. The standard InChI is InChI=1S/C23H29F3N4O5S/c1-34-13-14-35-19-5-3-16(4-6-19)20-21(28-18(15-27-20)7-10-23(24,25)26)30-11-8-17(9-12-30)22(31)29-36(2,32)33/h3-6,15,17H,7-14H2,1-2H3,(H,29,31). The molecule has 9 nitrogen and oxygen atoms in total. The molecule has 1 aliphatic heterocycles. The number of piperidine rings is 1. The fourth-order valence-electron chi connectivity index (χ4n) is 3.80. The lowest BCUT2D eigenvalue weighted by Crippen LogP contribution is -2.42. The van der Waals surface area contributed by atoms with Crippen LogP contribution in [-0.4, -0.2) is 70.1 Å². The number of rotatable bonds is 10. The van der Waals surface area contributed by atoms with Crippen LogP contribution < -0.4 is 14.4 Å². The Bertz CT molecular complexity index is 1140. The molecule has 198 valence electrons. The maximum absolute atomic E-state index is 12.8. The molecule has 1 aliphatic rings. The molecule has 1 aromatic carbocycles. The first-order valence-corrected chi connectivity index (χ1v) is 13.3. The summed E-state index contributed by atoms with van der Waals surface area (Å²) in [6, 6.07) is 7.10. The number of halogens is 3. The average molecular weight is 531 g/mol. The van der Waals surface area contributed by atoms with Crippen LogP contribution in [0.4, 0.5) is 19.0 Å². The second kappa shape index (κ2) is 11.9. The van der Waals surface area contributed by atoms with Crippen molar-refractivity contribution in [1.29, 1.82) is 0 Å². The van der Waals surface area contributed by atoms with Gasteiger partial charge in [0.2, 0.25) is 15.9 Å². The molecule has 0 spiro atoms. The van der Waals surface area contributed by atoms with Gasteiger partial charge in [0, 0.05) is 44.3 Å². The first-order chi connectivity index (χ1) is 16.9. The number of aryl methyl sites for hydroxylation is 1. The third kappa shape index (κ3) is 8.33. The summed E-state index contributed by atoms with van der Waals surface area (Å²) in [5, 5.41) is 0. The number of ether oxygens (including phenoxy) is 2. The fourth-order valence-corrected chi connectivity index (χ4v) is 4.33. The van der Waals surface area contributed by atoms with Gasteiger partial charge in [0.25, 0.3) is 0 Å². The summed E-state index contributed by atoms with van der Waals surface area (Å²) in [7, 11) is -2.09. The Hall–Kier alpha value is -2.93. The van der Waals surface area contributed by atoms with Crippen molar-refractivity contribution in [3.63, 3.8) is 0 Å². The molecule has 0 saturated carbocycles. The van der Waals surface area contributed by atoms with Crippen molar-refractivity contribution >= 4 is 21.7 Å². The highest BCUT2D eigenvalue weighted by Gasteiger charge is 2.30. The van der Waals surface area contributed by atoms with E-state index >= 15 is 0 Å². The van der Waals surface area contributed by atoms with Crippen LogP contribution in [0.2, 0.25) is 0 Å².